The molecule has 86 heavy (non-hydrogen) atoms. The summed E-state index contributed by atoms with van der Waals surface area (Å²) in [5, 5.41) is 0. The van der Waals surface area contributed by atoms with Crippen molar-refractivity contribution in [2.24, 2.45) is 0 Å². The summed E-state index contributed by atoms with van der Waals surface area (Å²) in [5.74, 6) is -3.29. The SMILES string of the molecule is C=C[C@@H](OCC(=C)CO[C@@H]1O[C@H](COC(=O)c2ccccc2)[C@@H](OC(=O)c2ccccc2)[C@H](OC(=O)c2ccccc2)[C@H]1OC(=O)c1ccccc1)O[C@H]1[C@H](OC)O[C@H](COCc2ccccc2)[C@@H](OCc2ccccc2)[C@@H]1OCc1ccccc1. The number of carbonyl (C=O) groups is 4. The molecule has 446 valence electrons. The van der Waals surface area contributed by atoms with E-state index in [-0.39, 0.29) is 55.3 Å². The maximum absolute atomic E-state index is 14.2. The summed E-state index contributed by atoms with van der Waals surface area (Å²) < 4.78 is 82.9. The van der Waals surface area contributed by atoms with Crippen molar-refractivity contribution in [1.29, 1.82) is 0 Å². The largest absolute Gasteiger partial charge is 0.459 e. The minimum atomic E-state index is -1.65. The molecule has 0 spiro atoms. The molecule has 0 saturated carbocycles. The Morgan fingerprint density at radius 2 is 0.849 bits per heavy atom. The molecule has 7 aromatic carbocycles. The zero-order chi connectivity index (χ0) is 59.9. The van der Waals surface area contributed by atoms with E-state index in [1.54, 1.807) is 84.9 Å². The average Bonchev–Trinajstić information content (AvgIpc) is 2.31. The Morgan fingerprint density at radius 3 is 1.33 bits per heavy atom. The van der Waals surface area contributed by atoms with Gasteiger partial charge in [0.2, 0.25) is 0 Å². The Labute approximate surface area is 499 Å². The lowest BCUT2D eigenvalue weighted by Gasteiger charge is -2.46. The molecule has 0 aliphatic carbocycles. The fourth-order valence-electron chi connectivity index (χ4n) is 9.56. The lowest BCUT2D eigenvalue weighted by atomic mass is 9.97. The first-order valence-corrected chi connectivity index (χ1v) is 28.1. The predicted octanol–water partition coefficient (Wildman–Crippen LogP) is 10.5. The van der Waals surface area contributed by atoms with Crippen molar-refractivity contribution in [2.45, 2.75) is 87.5 Å². The number of hydrogen-bond acceptors (Lipinski definition) is 17. The molecule has 0 aromatic heterocycles. The number of esters is 4. The van der Waals surface area contributed by atoms with Gasteiger partial charge in [0.15, 0.2) is 37.2 Å². The minimum Gasteiger partial charge on any atom is -0.459 e. The predicted molar refractivity (Wildman–Crippen MR) is 314 cm³/mol. The molecule has 9 rings (SSSR count). The van der Waals surface area contributed by atoms with Crippen LogP contribution >= 0.6 is 0 Å². The van der Waals surface area contributed by atoms with Crippen molar-refractivity contribution in [1.82, 2.24) is 0 Å². The number of hydrogen-bond donors (Lipinski definition) is 0. The molecule has 17 heteroatoms. The van der Waals surface area contributed by atoms with Crippen LogP contribution in [-0.4, -0.2) is 125 Å². The maximum Gasteiger partial charge on any atom is 0.338 e. The van der Waals surface area contributed by atoms with E-state index in [2.05, 4.69) is 13.2 Å². The Morgan fingerprint density at radius 1 is 0.442 bits per heavy atom. The first-order valence-electron chi connectivity index (χ1n) is 28.1. The zero-order valence-electron chi connectivity index (χ0n) is 47.4. The van der Waals surface area contributed by atoms with Crippen LogP contribution in [0.25, 0.3) is 0 Å². The Balaban J connectivity index is 0.965. The summed E-state index contributed by atoms with van der Waals surface area (Å²) in [6.45, 7) is 8.02. The highest BCUT2D eigenvalue weighted by molar-refractivity contribution is 5.91. The smallest absolute Gasteiger partial charge is 0.338 e. The summed E-state index contributed by atoms with van der Waals surface area (Å²) in [6, 6.07) is 61.7. The third-order valence-electron chi connectivity index (χ3n) is 13.9. The summed E-state index contributed by atoms with van der Waals surface area (Å²) in [4.78, 5) is 55.9. The topological polar surface area (TPSA) is 188 Å². The lowest BCUT2D eigenvalue weighted by Crippen LogP contribution is -2.63. The van der Waals surface area contributed by atoms with E-state index < -0.39 is 98.2 Å². The number of methoxy groups -OCH3 is 1. The molecule has 2 aliphatic rings. The molecule has 2 aliphatic heterocycles. The van der Waals surface area contributed by atoms with Gasteiger partial charge in [0.25, 0.3) is 0 Å². The van der Waals surface area contributed by atoms with Crippen LogP contribution in [0.3, 0.4) is 0 Å². The van der Waals surface area contributed by atoms with Gasteiger partial charge in [-0.15, -0.1) is 0 Å². The molecule has 0 amide bonds. The molecule has 0 unspecified atom stereocenters. The van der Waals surface area contributed by atoms with E-state index in [1.807, 2.05) is 91.0 Å². The first kappa shape index (κ1) is 62.1. The molecule has 17 nitrogen and oxygen atoms in total. The van der Waals surface area contributed by atoms with Crippen LogP contribution in [-0.2, 0) is 81.4 Å². The van der Waals surface area contributed by atoms with Gasteiger partial charge in [-0.25, -0.2) is 19.2 Å². The average molecular weight is 1170 g/mol. The fourth-order valence-corrected chi connectivity index (χ4v) is 9.56. The molecular formula is C69H68O17. The van der Waals surface area contributed by atoms with Crippen LogP contribution < -0.4 is 0 Å². The van der Waals surface area contributed by atoms with Gasteiger partial charge >= 0.3 is 23.9 Å². The third-order valence-corrected chi connectivity index (χ3v) is 13.9. The fraction of sp³-hybridized carbons (Fsp3) is 0.275. The molecule has 0 bridgehead atoms. The Bertz CT molecular complexity index is 3210. The van der Waals surface area contributed by atoms with Crippen LogP contribution in [0.1, 0.15) is 58.1 Å². The molecule has 2 saturated heterocycles. The van der Waals surface area contributed by atoms with Crippen molar-refractivity contribution < 1.29 is 80.8 Å². The van der Waals surface area contributed by atoms with Crippen LogP contribution in [0.15, 0.2) is 237 Å². The van der Waals surface area contributed by atoms with Crippen LogP contribution in [0, 0.1) is 0 Å². The van der Waals surface area contributed by atoms with Gasteiger partial charge in [-0.2, -0.15) is 0 Å². The molecule has 0 N–H and O–H groups in total. The minimum absolute atomic E-state index is 0.125. The van der Waals surface area contributed by atoms with E-state index in [4.69, 9.17) is 61.6 Å². The molecule has 11 atom stereocenters. The molecule has 2 fully saturated rings. The van der Waals surface area contributed by atoms with Gasteiger partial charge < -0.3 is 61.6 Å². The highest BCUT2D eigenvalue weighted by Gasteiger charge is 2.54. The number of rotatable bonds is 29. The summed E-state index contributed by atoms with van der Waals surface area (Å²) in [6.07, 6.45) is -11.8. The quantitative estimate of drug-likeness (QED) is 0.0186. The zero-order valence-corrected chi connectivity index (χ0v) is 47.4. The molecule has 2 heterocycles. The van der Waals surface area contributed by atoms with Gasteiger partial charge in [-0.3, -0.25) is 0 Å². The van der Waals surface area contributed by atoms with E-state index in [9.17, 15) is 19.2 Å². The van der Waals surface area contributed by atoms with Gasteiger partial charge in [-0.1, -0.05) is 177 Å². The van der Waals surface area contributed by atoms with Crippen molar-refractivity contribution in [2.75, 3.05) is 33.5 Å². The highest BCUT2D eigenvalue weighted by Crippen LogP contribution is 2.34. The van der Waals surface area contributed by atoms with Crippen molar-refractivity contribution in [3.05, 3.63) is 276 Å². The van der Waals surface area contributed by atoms with E-state index in [1.165, 1.54) is 49.6 Å². The standard InChI is InChI=1S/C69H68O17/c1-4-57(83-62-60(78-44-50-30-16-7-17-31-50)58(77-43-49-28-14-6-15-29-49)55(81-68(62)74-3)45-75-42-48-26-12-5-13-27-48)76-40-47(2)41-80-69-63(86-67(73)54-38-24-11-25-39-54)61(85-66(72)53-36-22-10-23-37-53)59(84-65(71)52-34-20-9-21-35-52)56(82-69)46-79-64(70)51-32-18-8-19-33-51/h4-39,55-63,68-69H,1-2,40-46H2,3H3/t55-,56-,57+,58-,59-,60+,61+,62-,63-,68-,69-/m1/s1. The van der Waals surface area contributed by atoms with E-state index >= 15 is 0 Å². The molecule has 7 aromatic rings. The second-order valence-corrected chi connectivity index (χ2v) is 20.1. The summed E-state index contributed by atoms with van der Waals surface area (Å²) in [5.41, 5.74) is 3.76. The van der Waals surface area contributed by atoms with Crippen LogP contribution in [0.2, 0.25) is 0 Å². The van der Waals surface area contributed by atoms with Crippen molar-refractivity contribution in [3.8, 4) is 0 Å². The van der Waals surface area contributed by atoms with Gasteiger partial charge in [0, 0.05) is 7.11 Å². The van der Waals surface area contributed by atoms with Crippen LogP contribution in [0.5, 0.6) is 0 Å². The summed E-state index contributed by atoms with van der Waals surface area (Å²) >= 11 is 0. The lowest BCUT2D eigenvalue weighted by molar-refractivity contribution is -0.338. The molecule has 0 radical (unpaired) electrons. The number of benzene rings is 7. The third kappa shape index (κ3) is 17.6. The number of ether oxygens (including phenoxy) is 13. The van der Waals surface area contributed by atoms with Crippen molar-refractivity contribution >= 4 is 23.9 Å². The normalized spacial score (nSPS) is 22.1. The second-order valence-electron chi connectivity index (χ2n) is 20.1. The van der Waals surface area contributed by atoms with Gasteiger partial charge in [-0.05, 0) is 76.9 Å². The van der Waals surface area contributed by atoms with E-state index in [0.717, 1.165) is 16.7 Å². The Hall–Kier alpha value is -8.46. The molecular weight excluding hydrogens is 1100 g/mol. The highest BCUT2D eigenvalue weighted by atomic mass is 16.8. The van der Waals surface area contributed by atoms with E-state index in [0.29, 0.717) is 12.2 Å². The summed E-state index contributed by atoms with van der Waals surface area (Å²) in [7, 11) is 1.50. The monoisotopic (exact) mass is 1170 g/mol. The van der Waals surface area contributed by atoms with Crippen molar-refractivity contribution in [3.63, 3.8) is 0 Å². The number of carbonyl (C=O) groups excluding carboxylic acids is 4. The second kappa shape index (κ2) is 32.2. The maximum atomic E-state index is 14.2. The first-order chi connectivity index (χ1) is 42.1. The van der Waals surface area contributed by atoms with Gasteiger partial charge in [0.05, 0.1) is 61.9 Å². The Kier molecular flexibility index (Phi) is 23.2. The van der Waals surface area contributed by atoms with Crippen LogP contribution in [0.4, 0.5) is 0 Å². The van der Waals surface area contributed by atoms with Gasteiger partial charge in [0.1, 0.15) is 37.1 Å².